The van der Waals surface area contributed by atoms with Crippen LogP contribution in [0.3, 0.4) is 0 Å². The van der Waals surface area contributed by atoms with Crippen LogP contribution in [0, 0.1) is 17.8 Å². The van der Waals surface area contributed by atoms with E-state index in [1.54, 1.807) is 11.3 Å². The number of nitrogens with one attached hydrogen (secondary N) is 1. The van der Waals surface area contributed by atoms with Gasteiger partial charge in [-0.2, -0.15) is 5.01 Å². The van der Waals surface area contributed by atoms with Gasteiger partial charge in [-0.25, -0.2) is 0 Å². The molecule has 5 atom stereocenters. The van der Waals surface area contributed by atoms with Gasteiger partial charge in [0.1, 0.15) is 0 Å². The van der Waals surface area contributed by atoms with Crippen LogP contribution in [-0.2, 0) is 27.2 Å². The number of nitrogens with zero attached hydrogens (tertiary/aromatic N) is 1. The number of imide groups is 1. The zero-order valence-corrected chi connectivity index (χ0v) is 14.8. The standard InChI is InChI=1S/C18H20N2O4S/c1-8-2-3-9-10(7-25-13(9)6-8)16(21)19-20-17(22)14-11-4-5-12(24-11)15(14)18(20)23/h7-8,11-12,14-15H,2-6H2,1H3,(H,19,21)/t8-,11-,12-,14-,15-/m1/s1. The summed E-state index contributed by atoms with van der Waals surface area (Å²) >= 11 is 1.60. The molecule has 3 aliphatic heterocycles. The van der Waals surface area contributed by atoms with Crippen LogP contribution in [0.15, 0.2) is 5.38 Å². The maximum absolute atomic E-state index is 12.7. The Morgan fingerprint density at radius 3 is 2.56 bits per heavy atom. The van der Waals surface area contributed by atoms with E-state index in [9.17, 15) is 14.4 Å². The van der Waals surface area contributed by atoms with Crippen LogP contribution < -0.4 is 5.43 Å². The molecule has 3 saturated heterocycles. The predicted molar refractivity (Wildman–Crippen MR) is 89.7 cm³/mol. The first-order valence-electron chi connectivity index (χ1n) is 8.98. The molecule has 4 heterocycles. The second-order valence-electron chi connectivity index (χ2n) is 7.69. The van der Waals surface area contributed by atoms with Gasteiger partial charge in [-0.3, -0.25) is 19.8 Å². The van der Waals surface area contributed by atoms with E-state index in [0.29, 0.717) is 11.5 Å². The van der Waals surface area contributed by atoms with E-state index < -0.39 is 11.8 Å². The third-order valence-corrected chi connectivity index (χ3v) is 7.20. The highest BCUT2D eigenvalue weighted by molar-refractivity contribution is 7.10. The smallest absolute Gasteiger partial charge is 0.271 e. The molecule has 0 aromatic carbocycles. The fraction of sp³-hybridized carbons (Fsp3) is 0.611. The molecule has 0 spiro atoms. The van der Waals surface area contributed by atoms with E-state index >= 15 is 0 Å². The van der Waals surface area contributed by atoms with E-state index in [0.717, 1.165) is 42.7 Å². The second-order valence-corrected chi connectivity index (χ2v) is 8.66. The molecular formula is C18H20N2O4S. The average molecular weight is 360 g/mol. The second kappa shape index (κ2) is 5.38. The Morgan fingerprint density at radius 2 is 1.88 bits per heavy atom. The van der Waals surface area contributed by atoms with E-state index in [2.05, 4.69) is 12.3 Å². The molecule has 0 saturated carbocycles. The van der Waals surface area contributed by atoms with Gasteiger partial charge in [-0.15, -0.1) is 11.3 Å². The van der Waals surface area contributed by atoms with E-state index in [1.807, 2.05) is 5.38 Å². The van der Waals surface area contributed by atoms with Crippen LogP contribution in [0.5, 0.6) is 0 Å². The summed E-state index contributed by atoms with van der Waals surface area (Å²) in [5.74, 6) is -1.16. The topological polar surface area (TPSA) is 75.7 Å². The van der Waals surface area contributed by atoms with Gasteiger partial charge in [0.2, 0.25) is 0 Å². The summed E-state index contributed by atoms with van der Waals surface area (Å²) in [5.41, 5.74) is 4.29. The van der Waals surface area contributed by atoms with Crippen molar-refractivity contribution in [1.82, 2.24) is 10.4 Å². The minimum atomic E-state index is -0.413. The first kappa shape index (κ1) is 15.5. The van der Waals surface area contributed by atoms with Crippen molar-refractivity contribution in [2.45, 2.75) is 51.2 Å². The predicted octanol–water partition coefficient (Wildman–Crippen LogP) is 1.68. The normalized spacial score (nSPS) is 35.9. The number of amides is 3. The van der Waals surface area contributed by atoms with Crippen molar-refractivity contribution < 1.29 is 19.1 Å². The Balaban J connectivity index is 1.37. The zero-order valence-electron chi connectivity index (χ0n) is 14.0. The summed E-state index contributed by atoms with van der Waals surface area (Å²) in [6.07, 6.45) is 4.27. The third-order valence-electron chi connectivity index (χ3n) is 6.14. The number of hydrogen-bond donors (Lipinski definition) is 1. The molecule has 7 heteroatoms. The molecular weight excluding hydrogens is 340 g/mol. The van der Waals surface area contributed by atoms with Crippen molar-refractivity contribution in [2.24, 2.45) is 17.8 Å². The van der Waals surface area contributed by atoms with Gasteiger partial charge in [0.05, 0.1) is 29.6 Å². The molecule has 0 radical (unpaired) electrons. The lowest BCUT2D eigenvalue weighted by Gasteiger charge is -2.21. The Kier molecular flexibility index (Phi) is 3.34. The molecule has 132 valence electrons. The quantitative estimate of drug-likeness (QED) is 0.814. The SMILES string of the molecule is C[C@@H]1CCc2c(C(=O)NN3C(=O)[C@H]4[C@H](C3=O)[C@H]3CC[C@H]4O3)csc2C1. The van der Waals surface area contributed by atoms with Crippen molar-refractivity contribution in [3.05, 3.63) is 21.4 Å². The number of hydrazine groups is 1. The van der Waals surface area contributed by atoms with Crippen molar-refractivity contribution in [1.29, 1.82) is 0 Å². The largest absolute Gasteiger partial charge is 0.373 e. The number of rotatable bonds is 2. The first-order chi connectivity index (χ1) is 12.0. The van der Waals surface area contributed by atoms with Crippen molar-refractivity contribution in [3.8, 4) is 0 Å². The number of thiophene rings is 1. The van der Waals surface area contributed by atoms with Crippen LogP contribution in [0.4, 0.5) is 0 Å². The third kappa shape index (κ3) is 2.15. The fourth-order valence-corrected chi connectivity index (χ4v) is 6.10. The van der Waals surface area contributed by atoms with Crippen molar-refractivity contribution in [3.63, 3.8) is 0 Å². The van der Waals surface area contributed by atoms with Gasteiger partial charge >= 0.3 is 0 Å². The van der Waals surface area contributed by atoms with Gasteiger partial charge in [0, 0.05) is 10.3 Å². The molecule has 1 aliphatic carbocycles. The number of hydrogen-bond acceptors (Lipinski definition) is 5. The lowest BCUT2D eigenvalue weighted by atomic mass is 9.81. The molecule has 6 nitrogen and oxygen atoms in total. The molecule has 4 aliphatic rings. The summed E-state index contributed by atoms with van der Waals surface area (Å²) < 4.78 is 5.71. The van der Waals surface area contributed by atoms with Crippen molar-refractivity contribution >= 4 is 29.1 Å². The maximum Gasteiger partial charge on any atom is 0.271 e. The van der Waals surface area contributed by atoms with E-state index in [1.165, 1.54) is 4.88 Å². The molecule has 0 unspecified atom stereocenters. The Morgan fingerprint density at radius 1 is 1.20 bits per heavy atom. The molecule has 2 bridgehead atoms. The molecule has 3 fully saturated rings. The Bertz CT molecular complexity index is 760. The van der Waals surface area contributed by atoms with Crippen LogP contribution in [0.1, 0.15) is 47.0 Å². The van der Waals surface area contributed by atoms with E-state index in [4.69, 9.17) is 4.74 Å². The Labute approximate surface area is 149 Å². The number of fused-ring (bicyclic) bond motifs is 6. The average Bonchev–Trinajstić information content (AvgIpc) is 3.34. The first-order valence-corrected chi connectivity index (χ1v) is 9.86. The summed E-state index contributed by atoms with van der Waals surface area (Å²) in [6, 6.07) is 0. The lowest BCUT2D eigenvalue weighted by molar-refractivity contribution is -0.145. The molecule has 1 aromatic heterocycles. The minimum Gasteiger partial charge on any atom is -0.373 e. The summed E-state index contributed by atoms with van der Waals surface area (Å²) in [7, 11) is 0. The van der Waals surface area contributed by atoms with Crippen LogP contribution >= 0.6 is 11.3 Å². The summed E-state index contributed by atoms with van der Waals surface area (Å²) in [4.78, 5) is 39.3. The van der Waals surface area contributed by atoms with Crippen LogP contribution in [0.2, 0.25) is 0 Å². The molecule has 5 rings (SSSR count). The van der Waals surface area contributed by atoms with Gasteiger partial charge in [-0.05, 0) is 43.6 Å². The van der Waals surface area contributed by atoms with Gasteiger partial charge in [0.15, 0.2) is 0 Å². The minimum absolute atomic E-state index is 0.163. The van der Waals surface area contributed by atoms with Crippen LogP contribution in [-0.4, -0.2) is 34.9 Å². The van der Waals surface area contributed by atoms with Gasteiger partial charge < -0.3 is 4.74 Å². The number of carbonyl (C=O) groups excluding carboxylic acids is 3. The molecule has 3 amide bonds. The molecule has 25 heavy (non-hydrogen) atoms. The van der Waals surface area contributed by atoms with Crippen molar-refractivity contribution in [2.75, 3.05) is 0 Å². The van der Waals surface area contributed by atoms with Crippen LogP contribution in [0.25, 0.3) is 0 Å². The monoisotopic (exact) mass is 360 g/mol. The lowest BCUT2D eigenvalue weighted by Crippen LogP contribution is -2.48. The van der Waals surface area contributed by atoms with E-state index in [-0.39, 0.29) is 29.9 Å². The number of carbonyl (C=O) groups is 3. The highest BCUT2D eigenvalue weighted by Gasteiger charge is 2.62. The zero-order chi connectivity index (χ0) is 17.3. The van der Waals surface area contributed by atoms with Gasteiger partial charge in [-0.1, -0.05) is 6.92 Å². The van der Waals surface area contributed by atoms with Gasteiger partial charge in [0.25, 0.3) is 17.7 Å². The summed E-state index contributed by atoms with van der Waals surface area (Å²) in [6.45, 7) is 2.22. The highest BCUT2D eigenvalue weighted by atomic mass is 32.1. The summed E-state index contributed by atoms with van der Waals surface area (Å²) in [5, 5.41) is 2.82. The molecule has 1 aromatic rings. The highest BCUT2D eigenvalue weighted by Crippen LogP contribution is 2.48. The maximum atomic E-state index is 12.7. The number of ether oxygens (including phenoxy) is 1. The fourth-order valence-electron chi connectivity index (χ4n) is 4.85. The Hall–Kier alpha value is -1.73. The molecule has 1 N–H and O–H groups in total.